The van der Waals surface area contributed by atoms with Crippen molar-refractivity contribution in [3.05, 3.63) is 20.8 Å². The van der Waals surface area contributed by atoms with Gasteiger partial charge in [-0.1, -0.05) is 0 Å². The van der Waals surface area contributed by atoms with E-state index in [-0.39, 0.29) is 11.5 Å². The first-order valence-electron chi connectivity index (χ1n) is 2.55. The number of hydrogen-bond acceptors (Lipinski definition) is 3. The first-order valence-corrected chi connectivity index (χ1v) is 2.55. The van der Waals surface area contributed by atoms with E-state index in [4.69, 9.17) is 5.73 Å². The van der Waals surface area contributed by atoms with Crippen molar-refractivity contribution >= 4 is 11.5 Å². The Labute approximate surface area is 54.9 Å². The number of aromatic nitrogens is 2. The lowest BCUT2D eigenvalue weighted by molar-refractivity contribution is -0.260. The molecule has 1 heterocycles. The Bertz CT molecular complexity index is 349. The summed E-state index contributed by atoms with van der Waals surface area (Å²) >= 11 is 0. The first kappa shape index (κ1) is 6.56. The molecule has 0 radical (unpaired) electrons. The molecule has 6 heteroatoms. The molecule has 0 aliphatic heterocycles. The van der Waals surface area contributed by atoms with E-state index in [9.17, 15) is 9.59 Å². The van der Waals surface area contributed by atoms with E-state index in [1.807, 2.05) is 4.98 Å². The lowest BCUT2D eigenvalue weighted by atomic mass is 10.5. The summed E-state index contributed by atoms with van der Waals surface area (Å²) in [5.41, 5.74) is 7.26. The highest BCUT2D eigenvalue weighted by Gasteiger charge is 2.02. The summed E-state index contributed by atoms with van der Waals surface area (Å²) in [5.74, 6) is 0.147. The third kappa shape index (κ3) is 0.914. The Balaban J connectivity index is 3.62. The van der Waals surface area contributed by atoms with Crippen molar-refractivity contribution in [2.24, 2.45) is 0 Å². The van der Waals surface area contributed by atoms with Crippen LogP contribution in [-0.4, -0.2) is 9.97 Å². The molecule has 0 atom stereocenters. The van der Waals surface area contributed by atoms with Crippen molar-refractivity contribution in [2.75, 3.05) is 5.73 Å². The van der Waals surface area contributed by atoms with E-state index >= 15 is 0 Å². The van der Waals surface area contributed by atoms with Crippen LogP contribution in [0.4, 0.5) is 11.5 Å². The smallest absolute Gasteiger partial charge is 0.330 e. The van der Waals surface area contributed by atoms with E-state index < -0.39 is 11.2 Å². The zero-order chi connectivity index (χ0) is 7.72. The Kier molecular flexibility index (Phi) is 1.31. The van der Waals surface area contributed by atoms with Gasteiger partial charge in [0.05, 0.1) is 0 Å². The summed E-state index contributed by atoms with van der Waals surface area (Å²) in [4.78, 5) is 25.3. The number of nitrogens with one attached hydrogen (secondary N) is 2. The highest BCUT2D eigenvalue weighted by molar-refractivity contribution is 5.48. The van der Waals surface area contributed by atoms with Crippen LogP contribution in [0, 0.1) is 0 Å². The second kappa shape index (κ2) is 1.99. The topological polar surface area (TPSA) is 119 Å². The van der Waals surface area contributed by atoms with Crippen LogP contribution in [0.5, 0.6) is 0 Å². The number of anilines is 1. The van der Waals surface area contributed by atoms with Gasteiger partial charge in [-0.05, 0) is 0 Å². The molecule has 0 aromatic carbocycles. The van der Waals surface area contributed by atoms with Crippen LogP contribution < -0.4 is 22.7 Å². The van der Waals surface area contributed by atoms with Gasteiger partial charge < -0.3 is 11.5 Å². The summed E-state index contributed by atoms with van der Waals surface area (Å²) in [6.45, 7) is 0. The predicted molar refractivity (Wildman–Crippen MR) is 34.6 cm³/mol. The monoisotopic (exact) mass is 143 g/mol. The molecule has 54 valence electrons. The SMILES string of the molecule is Nc1c([NH3+])[nH]c(=O)[nH]c1=O. The van der Waals surface area contributed by atoms with Crippen molar-refractivity contribution in [3.8, 4) is 0 Å². The Morgan fingerprint density at radius 2 is 1.90 bits per heavy atom. The molecule has 0 amide bonds. The van der Waals surface area contributed by atoms with Gasteiger partial charge in [0.1, 0.15) is 0 Å². The van der Waals surface area contributed by atoms with Gasteiger partial charge in [-0.25, -0.2) is 4.79 Å². The molecule has 0 unspecified atom stereocenters. The molecule has 0 spiro atoms. The van der Waals surface area contributed by atoms with Crippen LogP contribution in [-0.2, 0) is 0 Å². The highest BCUT2D eigenvalue weighted by Crippen LogP contribution is 1.93. The van der Waals surface area contributed by atoms with Crippen molar-refractivity contribution in [2.45, 2.75) is 0 Å². The summed E-state index contributed by atoms with van der Waals surface area (Å²) in [5, 5.41) is 0. The molecular formula is C4H7N4O2+. The van der Waals surface area contributed by atoms with E-state index in [2.05, 4.69) is 10.7 Å². The van der Waals surface area contributed by atoms with Crippen molar-refractivity contribution in [1.82, 2.24) is 9.97 Å². The molecule has 0 fully saturated rings. The number of nitrogens with two attached hydrogens (primary N) is 1. The molecule has 10 heavy (non-hydrogen) atoms. The summed E-state index contributed by atoms with van der Waals surface area (Å²) in [7, 11) is 0. The van der Waals surface area contributed by atoms with Gasteiger partial charge in [-0.15, -0.1) is 0 Å². The number of rotatable bonds is 0. The number of hydrogen-bond donors (Lipinski definition) is 4. The third-order valence-corrected chi connectivity index (χ3v) is 1.06. The summed E-state index contributed by atoms with van der Waals surface area (Å²) in [6, 6.07) is 0. The average Bonchev–Trinajstić information content (AvgIpc) is 1.82. The van der Waals surface area contributed by atoms with Gasteiger partial charge in [0.25, 0.3) is 5.56 Å². The zero-order valence-corrected chi connectivity index (χ0v) is 5.10. The minimum absolute atomic E-state index is 0.0559. The molecule has 0 saturated carbocycles. The minimum atomic E-state index is -0.603. The molecule has 0 bridgehead atoms. The molecule has 0 aliphatic carbocycles. The van der Waals surface area contributed by atoms with E-state index in [0.29, 0.717) is 0 Å². The largest absolute Gasteiger partial charge is 0.388 e. The van der Waals surface area contributed by atoms with E-state index in [1.54, 1.807) is 0 Å². The quantitative estimate of drug-likeness (QED) is 0.322. The van der Waals surface area contributed by atoms with Gasteiger partial charge in [0.15, 0.2) is 5.69 Å². The second-order valence-electron chi connectivity index (χ2n) is 1.80. The van der Waals surface area contributed by atoms with Crippen molar-refractivity contribution < 1.29 is 5.73 Å². The zero-order valence-electron chi connectivity index (χ0n) is 5.10. The Hall–Kier alpha value is -1.56. The Morgan fingerprint density at radius 1 is 1.30 bits per heavy atom. The summed E-state index contributed by atoms with van der Waals surface area (Å²) in [6.07, 6.45) is 0. The van der Waals surface area contributed by atoms with Gasteiger partial charge in [0.2, 0.25) is 5.82 Å². The third-order valence-electron chi connectivity index (χ3n) is 1.06. The highest BCUT2D eigenvalue weighted by atomic mass is 16.2. The molecule has 1 rings (SSSR count). The fourth-order valence-electron chi connectivity index (χ4n) is 0.543. The molecule has 0 aliphatic rings. The second-order valence-corrected chi connectivity index (χ2v) is 1.80. The van der Waals surface area contributed by atoms with Gasteiger partial charge in [0, 0.05) is 0 Å². The first-order chi connectivity index (χ1) is 4.61. The molecule has 0 saturated heterocycles. The van der Waals surface area contributed by atoms with Gasteiger partial charge >= 0.3 is 5.69 Å². The molecule has 1 aromatic rings. The van der Waals surface area contributed by atoms with Gasteiger partial charge in [-0.2, -0.15) is 0 Å². The predicted octanol–water partition coefficient (Wildman–Crippen LogP) is -2.48. The lowest BCUT2D eigenvalue weighted by Crippen LogP contribution is -2.46. The van der Waals surface area contributed by atoms with E-state index in [1.165, 1.54) is 0 Å². The molecule has 1 aromatic heterocycles. The number of aromatic amines is 2. The maximum Gasteiger partial charge on any atom is 0.330 e. The van der Waals surface area contributed by atoms with Crippen LogP contribution in [0.2, 0.25) is 0 Å². The normalized spacial score (nSPS) is 9.70. The van der Waals surface area contributed by atoms with Crippen molar-refractivity contribution in [1.29, 1.82) is 0 Å². The van der Waals surface area contributed by atoms with Crippen LogP contribution in [0.1, 0.15) is 0 Å². The number of nitrogen functional groups attached to an aromatic ring is 1. The number of H-pyrrole nitrogens is 2. The fourth-order valence-corrected chi connectivity index (χ4v) is 0.543. The van der Waals surface area contributed by atoms with E-state index in [0.717, 1.165) is 0 Å². The molecule has 7 N–H and O–H groups in total. The number of quaternary nitrogens is 1. The van der Waals surface area contributed by atoms with Gasteiger partial charge in [-0.3, -0.25) is 14.8 Å². The van der Waals surface area contributed by atoms with Crippen LogP contribution in [0.3, 0.4) is 0 Å². The van der Waals surface area contributed by atoms with Crippen molar-refractivity contribution in [3.63, 3.8) is 0 Å². The van der Waals surface area contributed by atoms with Crippen LogP contribution >= 0.6 is 0 Å². The Morgan fingerprint density at radius 3 is 2.40 bits per heavy atom. The molecule has 6 nitrogen and oxygen atoms in total. The molecular weight excluding hydrogens is 136 g/mol. The van der Waals surface area contributed by atoms with Crippen LogP contribution in [0.25, 0.3) is 0 Å². The standard InChI is InChI=1S/C4H6N4O2/c5-1-2(6)7-4(10)8-3(1)9/h5H2,(H4,6,7,8,9,10)/p+1. The minimum Gasteiger partial charge on any atom is -0.388 e. The van der Waals surface area contributed by atoms with Crippen LogP contribution in [0.15, 0.2) is 9.59 Å². The maximum atomic E-state index is 10.6. The lowest BCUT2D eigenvalue weighted by Gasteiger charge is -1.89. The fraction of sp³-hybridized carbons (Fsp3) is 0. The summed E-state index contributed by atoms with van der Waals surface area (Å²) < 4.78 is 0. The average molecular weight is 143 g/mol. The maximum absolute atomic E-state index is 10.6.